The van der Waals surface area contributed by atoms with Crippen LogP contribution in [0.3, 0.4) is 0 Å². The van der Waals surface area contributed by atoms with Gasteiger partial charge in [-0.05, 0) is 42.2 Å². The molecule has 0 spiro atoms. The van der Waals surface area contributed by atoms with Crippen LogP contribution in [0.25, 0.3) is 6.08 Å². The van der Waals surface area contributed by atoms with Crippen LogP contribution >= 0.6 is 24.0 Å². The molecule has 28 heavy (non-hydrogen) atoms. The van der Waals surface area contributed by atoms with Crippen LogP contribution in [-0.2, 0) is 11.2 Å². The summed E-state index contributed by atoms with van der Waals surface area (Å²) in [6.45, 7) is 0.582. The topological polar surface area (TPSA) is 59.0 Å². The third-order valence-corrected chi connectivity index (χ3v) is 5.74. The second kappa shape index (κ2) is 9.12. The first-order valence-electron chi connectivity index (χ1n) is 8.77. The summed E-state index contributed by atoms with van der Waals surface area (Å²) in [7, 11) is 2.93. The zero-order valence-corrected chi connectivity index (χ0v) is 17.3. The molecule has 0 bridgehead atoms. The maximum Gasteiger partial charge on any atom is 0.266 e. The number of benzene rings is 2. The predicted octanol–water partition coefficient (Wildman–Crippen LogP) is 4.24. The number of thiocarbonyl (C=S) groups is 1. The highest BCUT2D eigenvalue weighted by Gasteiger charge is 2.31. The number of methoxy groups -OCH3 is 2. The summed E-state index contributed by atoms with van der Waals surface area (Å²) in [5, 5.41) is 10.0. The highest BCUT2D eigenvalue weighted by atomic mass is 32.2. The van der Waals surface area contributed by atoms with Crippen LogP contribution in [0.15, 0.2) is 47.4 Å². The van der Waals surface area contributed by atoms with E-state index in [0.717, 1.165) is 12.8 Å². The molecule has 0 unspecified atom stereocenters. The Morgan fingerprint density at radius 1 is 1.14 bits per heavy atom. The summed E-state index contributed by atoms with van der Waals surface area (Å²) in [5.41, 5.74) is 1.93. The molecule has 2 aromatic rings. The number of carbonyl (C=O) groups excluding carboxylic acids is 1. The third kappa shape index (κ3) is 4.48. The Bertz CT molecular complexity index is 887. The summed E-state index contributed by atoms with van der Waals surface area (Å²) < 4.78 is 10.9. The number of amides is 1. The lowest BCUT2D eigenvalue weighted by Crippen LogP contribution is -2.29. The molecule has 1 saturated heterocycles. The van der Waals surface area contributed by atoms with Crippen molar-refractivity contribution < 1.29 is 19.4 Å². The van der Waals surface area contributed by atoms with Gasteiger partial charge in [0.05, 0.1) is 19.1 Å². The number of hydrogen-bond donors (Lipinski definition) is 1. The van der Waals surface area contributed by atoms with Gasteiger partial charge < -0.3 is 14.6 Å². The minimum absolute atomic E-state index is 0.0735. The van der Waals surface area contributed by atoms with E-state index < -0.39 is 0 Å². The second-order valence-corrected chi connectivity index (χ2v) is 7.87. The van der Waals surface area contributed by atoms with Crippen molar-refractivity contribution in [3.05, 3.63) is 58.5 Å². The molecule has 1 amide bonds. The van der Waals surface area contributed by atoms with Gasteiger partial charge in [-0.3, -0.25) is 9.69 Å². The number of aryl methyl sites for hydroxylation is 1. The maximum absolute atomic E-state index is 12.8. The SMILES string of the molecule is COc1cc(/C=C2/SC(=S)N(CCCc3ccccc3)C2=O)cc(OC)c1O. The standard InChI is InChI=1S/C21H21NO4S2/c1-25-16-11-15(12-17(26-2)19(16)23)13-18-20(24)22(21(27)28-18)10-6-9-14-7-4-3-5-8-14/h3-5,7-8,11-13,23H,6,9-10H2,1-2H3/b18-13+. The van der Waals surface area contributed by atoms with Gasteiger partial charge in [-0.1, -0.05) is 54.3 Å². The Morgan fingerprint density at radius 2 is 1.79 bits per heavy atom. The number of ether oxygens (including phenoxy) is 2. The quantitative estimate of drug-likeness (QED) is 0.539. The Hall–Kier alpha value is -2.51. The van der Waals surface area contributed by atoms with Gasteiger partial charge in [0.25, 0.3) is 5.91 Å². The third-order valence-electron chi connectivity index (χ3n) is 4.36. The molecule has 0 atom stereocenters. The van der Waals surface area contributed by atoms with Gasteiger partial charge in [-0.2, -0.15) is 0 Å². The predicted molar refractivity (Wildman–Crippen MR) is 116 cm³/mol. The molecule has 0 aliphatic carbocycles. The molecule has 1 heterocycles. The van der Waals surface area contributed by atoms with E-state index in [-0.39, 0.29) is 23.2 Å². The molecule has 0 saturated carbocycles. The van der Waals surface area contributed by atoms with Crippen LogP contribution < -0.4 is 9.47 Å². The monoisotopic (exact) mass is 415 g/mol. The molecule has 0 radical (unpaired) electrons. The van der Waals surface area contributed by atoms with Gasteiger partial charge in [0.15, 0.2) is 11.5 Å². The smallest absolute Gasteiger partial charge is 0.266 e. The van der Waals surface area contributed by atoms with Crippen molar-refractivity contribution in [2.24, 2.45) is 0 Å². The first-order valence-corrected chi connectivity index (χ1v) is 10.00. The van der Waals surface area contributed by atoms with Gasteiger partial charge in [0, 0.05) is 6.54 Å². The van der Waals surface area contributed by atoms with E-state index in [1.165, 1.54) is 31.5 Å². The Morgan fingerprint density at radius 3 is 2.39 bits per heavy atom. The van der Waals surface area contributed by atoms with Crippen LogP contribution in [0.2, 0.25) is 0 Å². The van der Waals surface area contributed by atoms with Crippen molar-refractivity contribution in [2.75, 3.05) is 20.8 Å². The molecule has 1 aliphatic heterocycles. The lowest BCUT2D eigenvalue weighted by Gasteiger charge is -2.14. The highest BCUT2D eigenvalue weighted by Crippen LogP contribution is 2.39. The summed E-state index contributed by atoms with van der Waals surface area (Å²) in [4.78, 5) is 15.0. The summed E-state index contributed by atoms with van der Waals surface area (Å²) in [6.07, 6.45) is 3.47. The molecule has 2 aromatic carbocycles. The number of hydrogen-bond acceptors (Lipinski definition) is 6. The normalized spacial score (nSPS) is 15.4. The fourth-order valence-electron chi connectivity index (χ4n) is 2.93. The first-order chi connectivity index (χ1) is 13.5. The van der Waals surface area contributed by atoms with Crippen LogP contribution in [0.4, 0.5) is 0 Å². The van der Waals surface area contributed by atoms with E-state index in [9.17, 15) is 9.90 Å². The number of phenols is 1. The number of aromatic hydroxyl groups is 1. The van der Waals surface area contributed by atoms with E-state index in [1.807, 2.05) is 18.2 Å². The summed E-state index contributed by atoms with van der Waals surface area (Å²) >= 11 is 6.68. The average molecular weight is 416 g/mol. The zero-order chi connectivity index (χ0) is 20.1. The molecule has 146 valence electrons. The molecule has 0 aromatic heterocycles. The summed E-state index contributed by atoms with van der Waals surface area (Å²) in [6, 6.07) is 13.5. The molecule has 5 nitrogen and oxygen atoms in total. The number of nitrogens with zero attached hydrogens (tertiary/aromatic N) is 1. The van der Waals surface area contributed by atoms with Gasteiger partial charge in [0.2, 0.25) is 5.75 Å². The van der Waals surface area contributed by atoms with Crippen molar-refractivity contribution >= 4 is 40.3 Å². The van der Waals surface area contributed by atoms with E-state index in [1.54, 1.807) is 23.1 Å². The molecular weight excluding hydrogens is 394 g/mol. The lowest BCUT2D eigenvalue weighted by molar-refractivity contribution is -0.122. The molecule has 1 N–H and O–H groups in total. The van der Waals surface area contributed by atoms with Gasteiger partial charge in [-0.15, -0.1) is 0 Å². The van der Waals surface area contributed by atoms with Crippen molar-refractivity contribution in [2.45, 2.75) is 12.8 Å². The van der Waals surface area contributed by atoms with Crippen LogP contribution in [-0.4, -0.2) is 41.0 Å². The van der Waals surface area contributed by atoms with Crippen LogP contribution in [0.5, 0.6) is 17.2 Å². The van der Waals surface area contributed by atoms with E-state index in [0.29, 0.717) is 21.3 Å². The second-order valence-electron chi connectivity index (χ2n) is 6.20. The Kier molecular flexibility index (Phi) is 6.59. The van der Waals surface area contributed by atoms with Gasteiger partial charge >= 0.3 is 0 Å². The molecule has 3 rings (SSSR count). The van der Waals surface area contributed by atoms with E-state index >= 15 is 0 Å². The lowest BCUT2D eigenvalue weighted by atomic mass is 10.1. The number of carbonyl (C=O) groups is 1. The first kappa shape index (κ1) is 20.2. The Labute approximate surface area is 174 Å². The largest absolute Gasteiger partial charge is 0.502 e. The molecular formula is C21H21NO4S2. The van der Waals surface area contributed by atoms with Crippen LogP contribution in [0.1, 0.15) is 17.5 Å². The number of phenolic OH excluding ortho intramolecular Hbond substituents is 1. The minimum atomic E-state index is -0.103. The van der Waals surface area contributed by atoms with Crippen molar-refractivity contribution in [1.82, 2.24) is 4.90 Å². The van der Waals surface area contributed by atoms with E-state index in [4.69, 9.17) is 21.7 Å². The molecule has 1 aliphatic rings. The fourth-order valence-corrected chi connectivity index (χ4v) is 4.24. The molecule has 1 fully saturated rings. The van der Waals surface area contributed by atoms with Gasteiger partial charge in [0.1, 0.15) is 4.32 Å². The molecule has 7 heteroatoms. The van der Waals surface area contributed by atoms with Crippen LogP contribution in [0, 0.1) is 0 Å². The van der Waals surface area contributed by atoms with Gasteiger partial charge in [-0.25, -0.2) is 0 Å². The van der Waals surface area contributed by atoms with Crippen molar-refractivity contribution in [3.63, 3.8) is 0 Å². The Balaban J connectivity index is 1.72. The zero-order valence-electron chi connectivity index (χ0n) is 15.7. The summed E-state index contributed by atoms with van der Waals surface area (Å²) in [5.74, 6) is 0.387. The number of thioether (sulfide) groups is 1. The minimum Gasteiger partial charge on any atom is -0.502 e. The highest BCUT2D eigenvalue weighted by molar-refractivity contribution is 8.26. The van der Waals surface area contributed by atoms with Crippen molar-refractivity contribution in [3.8, 4) is 17.2 Å². The maximum atomic E-state index is 12.8. The average Bonchev–Trinajstić information content (AvgIpc) is 2.97. The number of rotatable bonds is 7. The van der Waals surface area contributed by atoms with E-state index in [2.05, 4.69) is 12.1 Å². The fraction of sp³-hybridized carbons (Fsp3) is 0.238. The van der Waals surface area contributed by atoms with Crippen molar-refractivity contribution in [1.29, 1.82) is 0 Å².